The Morgan fingerprint density at radius 1 is 0.900 bits per heavy atom. The summed E-state index contributed by atoms with van der Waals surface area (Å²) < 4.78 is 23.2. The van der Waals surface area contributed by atoms with Crippen LogP contribution in [0, 0.1) is 51.2 Å². The first kappa shape index (κ1) is 40.1. The summed E-state index contributed by atoms with van der Waals surface area (Å²) >= 11 is 0. The number of aliphatic hydroxyl groups excluding tert-OH is 3. The number of aliphatic hydroxyl groups is 4. The Morgan fingerprint density at radius 2 is 1.56 bits per heavy atom. The number of carboxylic acids is 1. The second-order valence-corrected chi connectivity index (χ2v) is 18.5. The van der Waals surface area contributed by atoms with Crippen molar-refractivity contribution >= 4 is 20.6 Å². The lowest BCUT2D eigenvalue weighted by molar-refractivity contribution is -0.366. The third-order valence-electron chi connectivity index (χ3n) is 13.9. The number of allylic oxidation sites excluding steroid dienone is 2. The third-order valence-corrected chi connectivity index (χ3v) is 14.4. The van der Waals surface area contributed by atoms with Crippen molar-refractivity contribution in [2.75, 3.05) is 6.61 Å². The number of ketones is 1. The summed E-state index contributed by atoms with van der Waals surface area (Å²) in [5.74, 6) is -1.48. The van der Waals surface area contributed by atoms with Gasteiger partial charge in [0.25, 0.3) is 0 Å². The minimum atomic E-state index is -2.13. The van der Waals surface area contributed by atoms with Crippen molar-refractivity contribution in [1.82, 2.24) is 0 Å². The zero-order chi connectivity index (χ0) is 37.0. The number of carbonyl (C=O) groups excluding carboxylic acids is 1. The van der Waals surface area contributed by atoms with Crippen LogP contribution in [0.1, 0.15) is 106 Å². The topological polar surface area (TPSA) is 192 Å². The summed E-state index contributed by atoms with van der Waals surface area (Å²) in [5.41, 5.74) is 0.159. The maximum atomic E-state index is 14.5. The van der Waals surface area contributed by atoms with Gasteiger partial charge in [-0.25, -0.2) is 0 Å². The molecule has 0 saturated heterocycles. The predicted molar refractivity (Wildman–Crippen MR) is 184 cm³/mol. The molecule has 0 spiro atoms. The van der Waals surface area contributed by atoms with Gasteiger partial charge in [-0.2, -0.15) is 0 Å². The van der Waals surface area contributed by atoms with Gasteiger partial charge in [-0.1, -0.05) is 40.2 Å². The van der Waals surface area contributed by atoms with E-state index in [1.165, 1.54) is 12.5 Å². The molecule has 0 aromatic rings. The highest BCUT2D eigenvalue weighted by Crippen LogP contribution is 2.71. The standard InChI is InChI=1S/C37H61O12P/c1-19(18-38)46-33(31(44)49-32(30(42)43)47-20(2)50-45)48-27-11-15-37(7)26(34(27,3)4)10-14-36(6)23-9-13-35(5)12-8-21(29(40)41)16-24(35)22(23)17-25(39)28(36)37/h17,19-21,23-24,26-28,30-33,38,42-45,50H,8-16,18H2,1-7H3,(H,40,41). The van der Waals surface area contributed by atoms with E-state index in [1.807, 2.05) is 6.08 Å². The van der Waals surface area contributed by atoms with Gasteiger partial charge in [-0.15, -0.1) is 0 Å². The zero-order valence-electron chi connectivity index (χ0n) is 30.7. The summed E-state index contributed by atoms with van der Waals surface area (Å²) in [5, 5.41) is 50.4. The highest BCUT2D eigenvalue weighted by Gasteiger charge is 2.67. The fraction of sp³-hybridized carbons (Fsp3) is 0.892. The molecule has 0 heterocycles. The van der Waals surface area contributed by atoms with Gasteiger partial charge in [0.2, 0.25) is 25.2 Å². The molecule has 12 nitrogen and oxygen atoms in total. The second kappa shape index (κ2) is 15.0. The summed E-state index contributed by atoms with van der Waals surface area (Å²) in [6, 6.07) is 0. The maximum absolute atomic E-state index is 14.5. The molecule has 4 saturated carbocycles. The number of ether oxygens (including phenoxy) is 4. The van der Waals surface area contributed by atoms with Crippen LogP contribution in [0.15, 0.2) is 11.6 Å². The third kappa shape index (κ3) is 7.25. The first-order valence-corrected chi connectivity index (χ1v) is 19.5. The molecule has 0 aromatic heterocycles. The molecule has 0 amide bonds. The average molecular weight is 729 g/mol. The number of hydrogen-bond acceptors (Lipinski definition) is 11. The number of hydrogen-bond donors (Lipinski definition) is 6. The van der Waals surface area contributed by atoms with Gasteiger partial charge in [0.1, 0.15) is 0 Å². The molecule has 5 rings (SSSR count). The Balaban J connectivity index is 1.39. The van der Waals surface area contributed by atoms with E-state index in [-0.39, 0.29) is 58.2 Å². The second-order valence-electron chi connectivity index (χ2n) is 17.4. The van der Waals surface area contributed by atoms with Crippen molar-refractivity contribution < 1.29 is 59.0 Å². The van der Waals surface area contributed by atoms with Crippen LogP contribution in [-0.4, -0.2) is 92.0 Å². The number of rotatable bonds is 13. The van der Waals surface area contributed by atoms with Crippen LogP contribution in [0.2, 0.25) is 0 Å². The van der Waals surface area contributed by atoms with E-state index in [0.29, 0.717) is 25.7 Å². The SMILES string of the molecule is CC(CO)OC(OC1CCC2(C)C(CCC3(C)C4CCC5(C)CCC(C(=O)O)CC5C4=CC(=O)C32)C1(C)C)C(O)OC(OC(C)PO)C(O)O. The van der Waals surface area contributed by atoms with Crippen molar-refractivity contribution in [3.63, 3.8) is 0 Å². The smallest absolute Gasteiger partial charge is 0.306 e. The normalized spacial score (nSPS) is 41.3. The van der Waals surface area contributed by atoms with Gasteiger partial charge in [-0.3, -0.25) is 9.59 Å². The van der Waals surface area contributed by atoms with Crippen LogP contribution in [0.4, 0.5) is 0 Å². The molecule has 286 valence electrons. The van der Waals surface area contributed by atoms with E-state index in [2.05, 4.69) is 34.6 Å². The first-order valence-electron chi connectivity index (χ1n) is 18.5. The minimum absolute atomic E-state index is 0.0233. The zero-order valence-corrected chi connectivity index (χ0v) is 31.7. The van der Waals surface area contributed by atoms with Crippen LogP contribution >= 0.6 is 8.81 Å². The highest BCUT2D eigenvalue weighted by molar-refractivity contribution is 7.31. The van der Waals surface area contributed by atoms with Gasteiger partial charge in [-0.05, 0) is 117 Å². The molecular formula is C37H61O12P. The van der Waals surface area contributed by atoms with E-state index < -0.39 is 63.4 Å². The largest absolute Gasteiger partial charge is 0.481 e. The van der Waals surface area contributed by atoms with Gasteiger partial charge >= 0.3 is 5.97 Å². The van der Waals surface area contributed by atoms with Crippen molar-refractivity contribution in [3.05, 3.63) is 11.6 Å². The summed E-state index contributed by atoms with van der Waals surface area (Å²) in [6.45, 7) is 13.9. The van der Waals surface area contributed by atoms with Crippen molar-refractivity contribution in [3.8, 4) is 0 Å². The molecule has 4 fully saturated rings. The molecule has 0 bridgehead atoms. The lowest BCUT2D eigenvalue weighted by Gasteiger charge is -2.67. The van der Waals surface area contributed by atoms with Crippen LogP contribution in [-0.2, 0) is 28.5 Å². The summed E-state index contributed by atoms with van der Waals surface area (Å²) in [4.78, 5) is 36.0. The highest BCUT2D eigenvalue weighted by atomic mass is 31.1. The predicted octanol–water partition coefficient (Wildman–Crippen LogP) is 4.30. The molecule has 5 aliphatic carbocycles. The number of carboxylic acid groups (broad SMARTS) is 1. The minimum Gasteiger partial charge on any atom is -0.481 e. The number of fused-ring (bicyclic) bond motifs is 7. The van der Waals surface area contributed by atoms with Crippen LogP contribution < -0.4 is 0 Å². The molecule has 0 radical (unpaired) electrons. The van der Waals surface area contributed by atoms with Crippen molar-refractivity contribution in [1.29, 1.82) is 0 Å². The van der Waals surface area contributed by atoms with E-state index in [1.54, 1.807) is 6.92 Å². The van der Waals surface area contributed by atoms with Gasteiger partial charge in [0, 0.05) is 14.7 Å². The number of carbonyl (C=O) groups is 2. The summed E-state index contributed by atoms with van der Waals surface area (Å²) in [6.07, 6.45) is 0.909. The fourth-order valence-corrected chi connectivity index (χ4v) is 11.6. The van der Waals surface area contributed by atoms with Gasteiger partial charge < -0.3 is 49.4 Å². The molecule has 15 atom stereocenters. The lowest BCUT2D eigenvalue weighted by atomic mass is 9.37. The Kier molecular flexibility index (Phi) is 12.0. The molecule has 5 aliphatic rings. The van der Waals surface area contributed by atoms with Gasteiger partial charge in [0.05, 0.1) is 30.6 Å². The molecule has 6 N–H and O–H groups in total. The Labute approximate surface area is 298 Å². The van der Waals surface area contributed by atoms with Crippen molar-refractivity contribution in [2.24, 2.45) is 51.2 Å². The fourth-order valence-electron chi connectivity index (χ4n) is 11.4. The molecule has 13 heteroatoms. The van der Waals surface area contributed by atoms with Gasteiger partial charge in [0.15, 0.2) is 5.78 Å². The molecule has 50 heavy (non-hydrogen) atoms. The van der Waals surface area contributed by atoms with E-state index >= 15 is 0 Å². The molecule has 15 unspecified atom stereocenters. The summed E-state index contributed by atoms with van der Waals surface area (Å²) in [7, 11) is -0.661. The number of aliphatic carboxylic acids is 1. The van der Waals surface area contributed by atoms with E-state index in [9.17, 15) is 40.0 Å². The monoisotopic (exact) mass is 728 g/mol. The first-order chi connectivity index (χ1) is 23.3. The van der Waals surface area contributed by atoms with E-state index in [0.717, 1.165) is 32.1 Å². The Morgan fingerprint density at radius 3 is 2.18 bits per heavy atom. The Bertz CT molecular complexity index is 1270. The molecular weight excluding hydrogens is 667 g/mol. The van der Waals surface area contributed by atoms with Crippen LogP contribution in [0.5, 0.6) is 0 Å². The Hall–Kier alpha value is -1.05. The van der Waals surface area contributed by atoms with Crippen LogP contribution in [0.3, 0.4) is 0 Å². The average Bonchev–Trinajstić information content (AvgIpc) is 3.03. The molecule has 0 aromatic carbocycles. The van der Waals surface area contributed by atoms with E-state index in [4.69, 9.17) is 18.9 Å². The lowest BCUT2D eigenvalue weighted by Crippen LogP contribution is -2.64. The van der Waals surface area contributed by atoms with Crippen LogP contribution in [0.25, 0.3) is 0 Å². The maximum Gasteiger partial charge on any atom is 0.306 e. The quantitative estimate of drug-likeness (QED) is 0.117. The molecule has 0 aliphatic heterocycles. The van der Waals surface area contributed by atoms with Crippen molar-refractivity contribution in [2.45, 2.75) is 149 Å².